The summed E-state index contributed by atoms with van der Waals surface area (Å²) in [5.41, 5.74) is 2.59. The molecule has 3 heteroatoms. The molecule has 0 unspecified atom stereocenters. The van der Waals surface area contributed by atoms with E-state index in [1.807, 2.05) is 19.1 Å². The minimum Gasteiger partial charge on any atom is -0.256 e. The predicted molar refractivity (Wildman–Crippen MR) is 52.2 cm³/mol. The van der Waals surface area contributed by atoms with Crippen molar-refractivity contribution in [3.05, 3.63) is 48.2 Å². The minimum absolute atomic E-state index is 0.479. The van der Waals surface area contributed by atoms with E-state index < -0.39 is 5.95 Å². The second-order valence-corrected chi connectivity index (χ2v) is 3.04. The zero-order valence-corrected chi connectivity index (χ0v) is 7.74. The van der Waals surface area contributed by atoms with E-state index in [1.165, 1.54) is 12.3 Å². The second kappa shape index (κ2) is 3.54. The van der Waals surface area contributed by atoms with E-state index in [1.54, 1.807) is 12.3 Å². The van der Waals surface area contributed by atoms with Gasteiger partial charge in [0.2, 0.25) is 5.95 Å². The van der Waals surface area contributed by atoms with Gasteiger partial charge < -0.3 is 0 Å². The van der Waals surface area contributed by atoms with Gasteiger partial charge in [0, 0.05) is 24.0 Å². The monoisotopic (exact) mass is 188 g/mol. The Labute approximate surface area is 81.5 Å². The van der Waals surface area contributed by atoms with Gasteiger partial charge in [-0.15, -0.1) is 0 Å². The molecule has 0 bridgehead atoms. The summed E-state index contributed by atoms with van der Waals surface area (Å²) < 4.78 is 12.8. The van der Waals surface area contributed by atoms with Crippen molar-refractivity contribution in [2.75, 3.05) is 0 Å². The average Bonchev–Trinajstić information content (AvgIpc) is 2.18. The van der Waals surface area contributed by atoms with E-state index in [-0.39, 0.29) is 0 Å². The highest BCUT2D eigenvalue weighted by Gasteiger charge is 2.03. The van der Waals surface area contributed by atoms with Crippen molar-refractivity contribution in [2.45, 2.75) is 6.92 Å². The standard InChI is InChI=1S/C11H9FN2/c1-8-3-2-5-14-11(8)9-4-6-13-10(12)7-9/h2-7H,1H3. The van der Waals surface area contributed by atoms with Gasteiger partial charge in [0.15, 0.2) is 0 Å². The van der Waals surface area contributed by atoms with Crippen molar-refractivity contribution in [1.29, 1.82) is 0 Å². The molecule has 2 aromatic rings. The molecule has 0 aliphatic heterocycles. The van der Waals surface area contributed by atoms with E-state index in [0.717, 1.165) is 16.8 Å². The molecule has 2 nitrogen and oxygen atoms in total. The summed E-state index contributed by atoms with van der Waals surface area (Å²) >= 11 is 0. The van der Waals surface area contributed by atoms with Crippen LogP contribution in [0.3, 0.4) is 0 Å². The Morgan fingerprint density at radius 3 is 2.71 bits per heavy atom. The van der Waals surface area contributed by atoms with Crippen LogP contribution in [-0.2, 0) is 0 Å². The van der Waals surface area contributed by atoms with Crippen molar-refractivity contribution in [1.82, 2.24) is 9.97 Å². The molecule has 2 rings (SSSR count). The van der Waals surface area contributed by atoms with E-state index >= 15 is 0 Å². The molecular formula is C11H9FN2. The van der Waals surface area contributed by atoms with Crippen LogP contribution in [0.5, 0.6) is 0 Å². The topological polar surface area (TPSA) is 25.8 Å². The van der Waals surface area contributed by atoms with Gasteiger partial charge in [-0.05, 0) is 24.6 Å². The minimum atomic E-state index is -0.479. The third-order valence-corrected chi connectivity index (χ3v) is 2.01. The third-order valence-electron chi connectivity index (χ3n) is 2.01. The van der Waals surface area contributed by atoms with Crippen LogP contribution < -0.4 is 0 Å². The average molecular weight is 188 g/mol. The highest BCUT2D eigenvalue weighted by molar-refractivity contribution is 5.61. The maximum absolute atomic E-state index is 12.8. The lowest BCUT2D eigenvalue weighted by Gasteiger charge is -2.03. The van der Waals surface area contributed by atoms with Crippen LogP contribution in [0.4, 0.5) is 4.39 Å². The van der Waals surface area contributed by atoms with Gasteiger partial charge in [0.1, 0.15) is 0 Å². The largest absolute Gasteiger partial charge is 0.256 e. The van der Waals surface area contributed by atoms with Crippen LogP contribution in [-0.4, -0.2) is 9.97 Å². The molecule has 0 fully saturated rings. The molecule has 0 aliphatic rings. The number of hydrogen-bond acceptors (Lipinski definition) is 2. The molecule has 0 spiro atoms. The Hall–Kier alpha value is -1.77. The van der Waals surface area contributed by atoms with Crippen molar-refractivity contribution in [3.63, 3.8) is 0 Å². The Morgan fingerprint density at radius 2 is 2.00 bits per heavy atom. The van der Waals surface area contributed by atoms with E-state index in [4.69, 9.17) is 0 Å². The quantitative estimate of drug-likeness (QED) is 0.643. The fourth-order valence-corrected chi connectivity index (χ4v) is 1.34. The lowest BCUT2D eigenvalue weighted by Crippen LogP contribution is -1.89. The first-order chi connectivity index (χ1) is 6.77. The molecule has 0 N–H and O–H groups in total. The number of halogens is 1. The Bertz CT molecular complexity index is 455. The van der Waals surface area contributed by atoms with Gasteiger partial charge in [-0.1, -0.05) is 6.07 Å². The number of nitrogens with zero attached hydrogens (tertiary/aromatic N) is 2. The van der Waals surface area contributed by atoms with Crippen LogP contribution in [0.1, 0.15) is 5.56 Å². The summed E-state index contributed by atoms with van der Waals surface area (Å²) in [5.74, 6) is -0.479. The zero-order chi connectivity index (χ0) is 9.97. The molecule has 0 radical (unpaired) electrons. The first-order valence-corrected chi connectivity index (χ1v) is 4.31. The highest BCUT2D eigenvalue weighted by Crippen LogP contribution is 2.19. The molecule has 0 amide bonds. The van der Waals surface area contributed by atoms with E-state index in [2.05, 4.69) is 9.97 Å². The van der Waals surface area contributed by atoms with Gasteiger partial charge in [-0.3, -0.25) is 4.98 Å². The second-order valence-electron chi connectivity index (χ2n) is 3.04. The van der Waals surface area contributed by atoms with Gasteiger partial charge in [-0.2, -0.15) is 4.39 Å². The molecule has 0 atom stereocenters. The summed E-state index contributed by atoms with van der Waals surface area (Å²) in [7, 11) is 0. The molecule has 0 saturated carbocycles. The fraction of sp³-hybridized carbons (Fsp3) is 0.0909. The van der Waals surface area contributed by atoms with Crippen LogP contribution in [0.15, 0.2) is 36.7 Å². The molecule has 0 aliphatic carbocycles. The Morgan fingerprint density at radius 1 is 1.14 bits per heavy atom. The fourth-order valence-electron chi connectivity index (χ4n) is 1.34. The summed E-state index contributed by atoms with van der Waals surface area (Å²) in [6, 6.07) is 6.94. The molecule has 0 saturated heterocycles. The summed E-state index contributed by atoms with van der Waals surface area (Å²) in [6.07, 6.45) is 3.14. The Kier molecular flexibility index (Phi) is 2.23. The van der Waals surface area contributed by atoms with Gasteiger partial charge in [0.25, 0.3) is 0 Å². The van der Waals surface area contributed by atoms with Crippen LogP contribution in [0, 0.1) is 12.9 Å². The molecule has 70 valence electrons. The first-order valence-electron chi connectivity index (χ1n) is 4.31. The normalized spacial score (nSPS) is 10.1. The lowest BCUT2D eigenvalue weighted by molar-refractivity contribution is 0.584. The van der Waals surface area contributed by atoms with Gasteiger partial charge >= 0.3 is 0 Å². The molecule has 0 aromatic carbocycles. The number of aromatic nitrogens is 2. The summed E-state index contributed by atoms with van der Waals surface area (Å²) in [4.78, 5) is 7.70. The number of aryl methyl sites for hydroxylation is 1. The van der Waals surface area contributed by atoms with E-state index in [0.29, 0.717) is 0 Å². The zero-order valence-electron chi connectivity index (χ0n) is 7.74. The smallest absolute Gasteiger partial charge is 0.213 e. The van der Waals surface area contributed by atoms with Crippen LogP contribution >= 0.6 is 0 Å². The molecule has 14 heavy (non-hydrogen) atoms. The maximum atomic E-state index is 12.8. The summed E-state index contributed by atoms with van der Waals surface area (Å²) in [6.45, 7) is 1.95. The molecule has 2 aromatic heterocycles. The SMILES string of the molecule is Cc1cccnc1-c1ccnc(F)c1. The van der Waals surface area contributed by atoms with E-state index in [9.17, 15) is 4.39 Å². The number of hydrogen-bond donors (Lipinski definition) is 0. The van der Waals surface area contributed by atoms with Crippen LogP contribution in [0.2, 0.25) is 0 Å². The number of pyridine rings is 2. The van der Waals surface area contributed by atoms with Crippen molar-refractivity contribution in [3.8, 4) is 11.3 Å². The highest BCUT2D eigenvalue weighted by atomic mass is 19.1. The van der Waals surface area contributed by atoms with Crippen molar-refractivity contribution < 1.29 is 4.39 Å². The lowest BCUT2D eigenvalue weighted by atomic mass is 10.1. The first kappa shape index (κ1) is 8.81. The predicted octanol–water partition coefficient (Wildman–Crippen LogP) is 2.59. The number of rotatable bonds is 1. The summed E-state index contributed by atoms with van der Waals surface area (Å²) in [5, 5.41) is 0. The van der Waals surface area contributed by atoms with Gasteiger partial charge in [0.05, 0.1) is 5.69 Å². The maximum Gasteiger partial charge on any atom is 0.213 e. The molecule has 2 heterocycles. The Balaban J connectivity index is 2.55. The van der Waals surface area contributed by atoms with Gasteiger partial charge in [-0.25, -0.2) is 4.98 Å². The molecular weight excluding hydrogens is 179 g/mol. The van der Waals surface area contributed by atoms with Crippen molar-refractivity contribution >= 4 is 0 Å². The third kappa shape index (κ3) is 1.62. The van der Waals surface area contributed by atoms with Crippen molar-refractivity contribution in [2.24, 2.45) is 0 Å². The van der Waals surface area contributed by atoms with Crippen LogP contribution in [0.25, 0.3) is 11.3 Å².